The third-order valence-corrected chi connectivity index (χ3v) is 3.77. The Morgan fingerprint density at radius 2 is 2.05 bits per heavy atom. The highest BCUT2D eigenvalue weighted by molar-refractivity contribution is 5.27. The van der Waals surface area contributed by atoms with Crippen molar-refractivity contribution in [1.82, 2.24) is 5.32 Å². The fourth-order valence-electron chi connectivity index (χ4n) is 2.83. The maximum absolute atomic E-state index is 10.0. The summed E-state index contributed by atoms with van der Waals surface area (Å²) in [7, 11) is 0. The van der Waals surface area contributed by atoms with E-state index in [4.69, 9.17) is 9.47 Å². The van der Waals surface area contributed by atoms with Crippen molar-refractivity contribution in [2.45, 2.75) is 58.0 Å². The quantitative estimate of drug-likeness (QED) is 0.845. The number of aryl methyl sites for hydroxylation is 1. The lowest BCUT2D eigenvalue weighted by Gasteiger charge is -2.33. The summed E-state index contributed by atoms with van der Waals surface area (Å²) in [6.45, 7) is 7.09. The lowest BCUT2D eigenvalue weighted by Crippen LogP contribution is -2.44. The molecule has 0 amide bonds. The molecule has 0 aliphatic carbocycles. The van der Waals surface area contributed by atoms with E-state index in [-0.39, 0.29) is 12.2 Å². The van der Waals surface area contributed by atoms with Gasteiger partial charge >= 0.3 is 0 Å². The zero-order valence-corrected chi connectivity index (χ0v) is 13.2. The van der Waals surface area contributed by atoms with Gasteiger partial charge in [-0.2, -0.15) is 0 Å². The number of rotatable bonds is 6. The molecule has 1 aromatic rings. The number of aliphatic hydroxyl groups is 1. The van der Waals surface area contributed by atoms with Gasteiger partial charge in [-0.1, -0.05) is 12.1 Å². The molecule has 1 aliphatic heterocycles. The van der Waals surface area contributed by atoms with E-state index in [0.717, 1.165) is 24.2 Å². The minimum atomic E-state index is -0.501. The van der Waals surface area contributed by atoms with Crippen LogP contribution in [0.2, 0.25) is 0 Å². The number of hydrogen-bond donors (Lipinski definition) is 2. The second-order valence-electron chi connectivity index (χ2n) is 6.12. The van der Waals surface area contributed by atoms with E-state index in [1.807, 2.05) is 31.2 Å². The predicted molar refractivity (Wildman–Crippen MR) is 83.7 cm³/mol. The first-order valence-electron chi connectivity index (χ1n) is 7.79. The number of benzene rings is 1. The number of hydrogen-bond acceptors (Lipinski definition) is 4. The van der Waals surface area contributed by atoms with E-state index < -0.39 is 6.10 Å². The van der Waals surface area contributed by atoms with Crippen LogP contribution in [0.1, 0.15) is 32.3 Å². The van der Waals surface area contributed by atoms with E-state index in [9.17, 15) is 5.11 Å². The molecule has 21 heavy (non-hydrogen) atoms. The van der Waals surface area contributed by atoms with Gasteiger partial charge in [-0.25, -0.2) is 0 Å². The van der Waals surface area contributed by atoms with Crippen LogP contribution in [-0.4, -0.2) is 42.6 Å². The molecule has 3 unspecified atom stereocenters. The standard InChI is InChI=1S/C17H27NO3/c1-12-5-4-6-17(7-12)20-11-16(19)10-18-15-8-13(2)21-14(3)9-15/h4-7,13-16,18-19H,8-11H2,1-3H3. The zero-order valence-electron chi connectivity index (χ0n) is 13.2. The fourth-order valence-corrected chi connectivity index (χ4v) is 2.83. The van der Waals surface area contributed by atoms with Gasteiger partial charge < -0.3 is 19.9 Å². The molecule has 2 N–H and O–H groups in total. The summed E-state index contributed by atoms with van der Waals surface area (Å²) in [5.41, 5.74) is 1.16. The van der Waals surface area contributed by atoms with Gasteiger partial charge in [0, 0.05) is 12.6 Å². The Balaban J connectivity index is 1.68. The Hall–Kier alpha value is -1.10. The Kier molecular flexibility index (Phi) is 6.03. The van der Waals surface area contributed by atoms with Crippen LogP contribution in [-0.2, 0) is 4.74 Å². The molecule has 0 saturated carbocycles. The first-order valence-corrected chi connectivity index (χ1v) is 7.79. The van der Waals surface area contributed by atoms with Crippen LogP contribution in [0, 0.1) is 6.92 Å². The second kappa shape index (κ2) is 7.78. The Labute approximate surface area is 127 Å². The molecule has 2 rings (SSSR count). The van der Waals surface area contributed by atoms with E-state index in [1.54, 1.807) is 0 Å². The summed E-state index contributed by atoms with van der Waals surface area (Å²) < 4.78 is 11.3. The van der Waals surface area contributed by atoms with E-state index in [1.165, 1.54) is 0 Å². The summed E-state index contributed by atoms with van der Waals surface area (Å²) >= 11 is 0. The first kappa shape index (κ1) is 16.3. The topological polar surface area (TPSA) is 50.7 Å². The SMILES string of the molecule is Cc1cccc(OCC(O)CNC2CC(C)OC(C)C2)c1. The van der Waals surface area contributed by atoms with Crippen LogP contribution in [0.5, 0.6) is 5.75 Å². The molecule has 1 saturated heterocycles. The largest absolute Gasteiger partial charge is 0.491 e. The molecular weight excluding hydrogens is 266 g/mol. The van der Waals surface area contributed by atoms with Gasteiger partial charge in [0.05, 0.1) is 12.2 Å². The van der Waals surface area contributed by atoms with Crippen LogP contribution in [0.3, 0.4) is 0 Å². The summed E-state index contributed by atoms with van der Waals surface area (Å²) in [5.74, 6) is 0.808. The zero-order chi connectivity index (χ0) is 15.2. The van der Waals surface area contributed by atoms with Crippen molar-refractivity contribution in [2.75, 3.05) is 13.2 Å². The summed E-state index contributed by atoms with van der Waals surface area (Å²) in [6, 6.07) is 8.28. The number of nitrogens with one attached hydrogen (secondary N) is 1. The molecule has 0 radical (unpaired) electrons. The van der Waals surface area contributed by atoms with E-state index >= 15 is 0 Å². The van der Waals surface area contributed by atoms with Crippen LogP contribution < -0.4 is 10.1 Å². The molecule has 118 valence electrons. The number of aliphatic hydroxyl groups excluding tert-OH is 1. The Bertz CT molecular complexity index is 428. The molecule has 3 atom stereocenters. The van der Waals surface area contributed by atoms with Crippen LogP contribution in [0.15, 0.2) is 24.3 Å². The highest BCUT2D eigenvalue weighted by Crippen LogP contribution is 2.19. The molecule has 4 heteroatoms. The van der Waals surface area contributed by atoms with Crippen LogP contribution in [0.4, 0.5) is 0 Å². The van der Waals surface area contributed by atoms with Crippen molar-refractivity contribution < 1.29 is 14.6 Å². The summed E-state index contributed by atoms with van der Waals surface area (Å²) in [5, 5.41) is 13.4. The average Bonchev–Trinajstić information content (AvgIpc) is 2.42. The lowest BCUT2D eigenvalue weighted by molar-refractivity contribution is -0.0437. The molecular formula is C17H27NO3. The predicted octanol–water partition coefficient (Wildman–Crippen LogP) is 2.28. The maximum Gasteiger partial charge on any atom is 0.119 e. The highest BCUT2D eigenvalue weighted by Gasteiger charge is 2.24. The van der Waals surface area contributed by atoms with Gasteiger partial charge in [0.1, 0.15) is 18.5 Å². The third kappa shape index (κ3) is 5.65. The van der Waals surface area contributed by atoms with Gasteiger partial charge in [-0.3, -0.25) is 0 Å². The van der Waals surface area contributed by atoms with Gasteiger partial charge in [0.2, 0.25) is 0 Å². The Morgan fingerprint density at radius 1 is 1.33 bits per heavy atom. The Morgan fingerprint density at radius 3 is 2.71 bits per heavy atom. The molecule has 0 aromatic heterocycles. The highest BCUT2D eigenvalue weighted by atomic mass is 16.5. The van der Waals surface area contributed by atoms with Gasteiger partial charge in [-0.05, 0) is 51.3 Å². The molecule has 1 aliphatic rings. The van der Waals surface area contributed by atoms with Crippen molar-refractivity contribution in [3.05, 3.63) is 29.8 Å². The third-order valence-electron chi connectivity index (χ3n) is 3.77. The molecule has 1 heterocycles. The van der Waals surface area contributed by atoms with Crippen LogP contribution >= 0.6 is 0 Å². The minimum absolute atomic E-state index is 0.284. The van der Waals surface area contributed by atoms with Gasteiger partial charge in [-0.15, -0.1) is 0 Å². The van der Waals surface area contributed by atoms with E-state index in [0.29, 0.717) is 19.2 Å². The minimum Gasteiger partial charge on any atom is -0.491 e. The van der Waals surface area contributed by atoms with E-state index in [2.05, 4.69) is 19.2 Å². The average molecular weight is 293 g/mol. The summed E-state index contributed by atoms with van der Waals surface area (Å²) in [6.07, 6.45) is 2.06. The van der Waals surface area contributed by atoms with Crippen molar-refractivity contribution in [2.24, 2.45) is 0 Å². The number of ether oxygens (including phenoxy) is 2. The molecule has 4 nitrogen and oxygen atoms in total. The fraction of sp³-hybridized carbons (Fsp3) is 0.647. The van der Waals surface area contributed by atoms with Crippen LogP contribution in [0.25, 0.3) is 0 Å². The monoisotopic (exact) mass is 293 g/mol. The van der Waals surface area contributed by atoms with Crippen molar-refractivity contribution >= 4 is 0 Å². The second-order valence-corrected chi connectivity index (χ2v) is 6.12. The van der Waals surface area contributed by atoms with Gasteiger partial charge in [0.15, 0.2) is 0 Å². The van der Waals surface area contributed by atoms with Gasteiger partial charge in [0.25, 0.3) is 0 Å². The maximum atomic E-state index is 10.0. The smallest absolute Gasteiger partial charge is 0.119 e. The lowest BCUT2D eigenvalue weighted by atomic mass is 10.00. The first-order chi connectivity index (χ1) is 10.0. The van der Waals surface area contributed by atoms with Crippen molar-refractivity contribution in [3.8, 4) is 5.75 Å². The molecule has 1 fully saturated rings. The molecule has 0 bridgehead atoms. The van der Waals surface area contributed by atoms with Crippen molar-refractivity contribution in [1.29, 1.82) is 0 Å². The molecule has 1 aromatic carbocycles. The molecule has 0 spiro atoms. The summed E-state index contributed by atoms with van der Waals surface area (Å²) in [4.78, 5) is 0. The normalized spacial score (nSPS) is 27.3. The van der Waals surface area contributed by atoms with Crippen molar-refractivity contribution in [3.63, 3.8) is 0 Å².